The monoisotopic (exact) mass is 391 g/mol. The van der Waals surface area contributed by atoms with Gasteiger partial charge in [-0.25, -0.2) is 0 Å². The number of rotatable bonds is 3. The average molecular weight is 393 g/mol. The van der Waals surface area contributed by atoms with Gasteiger partial charge in [0.05, 0.1) is 17.6 Å². The second kappa shape index (κ2) is 5.61. The molecule has 2 rings (SSSR count). The predicted octanol–water partition coefficient (Wildman–Crippen LogP) is 4.04. The zero-order valence-corrected chi connectivity index (χ0v) is 13.5. The molecular formula is C12H11Br2NO2S. The summed E-state index contributed by atoms with van der Waals surface area (Å²) in [6.45, 7) is 0. The van der Waals surface area contributed by atoms with Gasteiger partial charge in [0.15, 0.2) is 11.5 Å². The van der Waals surface area contributed by atoms with Crippen LogP contribution < -0.4 is 10.5 Å². The molecule has 1 aromatic heterocycles. The van der Waals surface area contributed by atoms with Crippen molar-refractivity contribution in [1.29, 1.82) is 0 Å². The van der Waals surface area contributed by atoms with Gasteiger partial charge >= 0.3 is 0 Å². The van der Waals surface area contributed by atoms with E-state index in [1.54, 1.807) is 17.4 Å². The number of halogens is 2. The van der Waals surface area contributed by atoms with E-state index in [9.17, 15) is 5.11 Å². The normalized spacial score (nSPS) is 12.4. The number of hydrogen-bond acceptors (Lipinski definition) is 4. The molecule has 3 nitrogen and oxygen atoms in total. The molecule has 0 aliphatic heterocycles. The van der Waals surface area contributed by atoms with Crippen molar-refractivity contribution in [2.24, 2.45) is 5.73 Å². The van der Waals surface area contributed by atoms with Crippen LogP contribution in [-0.2, 0) is 0 Å². The van der Waals surface area contributed by atoms with Crippen molar-refractivity contribution >= 4 is 43.2 Å². The number of benzene rings is 1. The highest BCUT2D eigenvalue weighted by molar-refractivity contribution is 9.13. The summed E-state index contributed by atoms with van der Waals surface area (Å²) in [6, 6.07) is 5.43. The molecule has 3 N–H and O–H groups in total. The molecule has 2 aromatic rings. The topological polar surface area (TPSA) is 55.5 Å². The van der Waals surface area contributed by atoms with Gasteiger partial charge in [-0.1, -0.05) is 6.07 Å². The number of phenols is 1. The molecule has 0 unspecified atom stereocenters. The second-order valence-corrected chi connectivity index (χ2v) is 6.20. The smallest absolute Gasteiger partial charge is 0.173 e. The van der Waals surface area contributed by atoms with Crippen LogP contribution in [0.2, 0.25) is 0 Å². The summed E-state index contributed by atoms with van der Waals surface area (Å²) in [6.07, 6.45) is 0. The van der Waals surface area contributed by atoms with Crippen LogP contribution >= 0.6 is 43.2 Å². The first kappa shape index (κ1) is 13.9. The Hall–Kier alpha value is -0.560. The van der Waals surface area contributed by atoms with Crippen LogP contribution in [0.1, 0.15) is 16.5 Å². The molecule has 18 heavy (non-hydrogen) atoms. The first-order chi connectivity index (χ1) is 8.56. The highest BCUT2D eigenvalue weighted by atomic mass is 79.9. The fourth-order valence-corrected chi connectivity index (χ4v) is 3.33. The van der Waals surface area contributed by atoms with Crippen molar-refractivity contribution in [3.63, 3.8) is 0 Å². The summed E-state index contributed by atoms with van der Waals surface area (Å²) in [5.41, 5.74) is 7.09. The Labute approximate surface area is 126 Å². The van der Waals surface area contributed by atoms with Crippen molar-refractivity contribution < 1.29 is 9.84 Å². The van der Waals surface area contributed by atoms with Gasteiger partial charge in [-0.05, 0) is 54.9 Å². The zero-order valence-electron chi connectivity index (χ0n) is 9.48. The second-order valence-electron chi connectivity index (χ2n) is 3.64. The third-order valence-corrected chi connectivity index (χ3v) is 5.69. The van der Waals surface area contributed by atoms with Crippen molar-refractivity contribution in [1.82, 2.24) is 0 Å². The van der Waals surface area contributed by atoms with Gasteiger partial charge < -0.3 is 15.6 Å². The van der Waals surface area contributed by atoms with Crippen LogP contribution in [0.3, 0.4) is 0 Å². The van der Waals surface area contributed by atoms with E-state index in [-0.39, 0.29) is 11.8 Å². The standard InChI is InChI=1S/C12H11Br2NO2S/c1-17-7-5-6(9(13)10(14)12(7)16)11(15)8-3-2-4-18-8/h2-5,11,16H,15H2,1H3/t11-/m0/s1. The van der Waals surface area contributed by atoms with Crippen LogP contribution in [0.4, 0.5) is 0 Å². The quantitative estimate of drug-likeness (QED) is 0.828. The van der Waals surface area contributed by atoms with E-state index in [0.717, 1.165) is 14.9 Å². The molecule has 1 heterocycles. The van der Waals surface area contributed by atoms with Gasteiger partial charge in [-0.15, -0.1) is 11.3 Å². The summed E-state index contributed by atoms with van der Waals surface area (Å²) in [7, 11) is 1.51. The minimum absolute atomic E-state index is 0.0616. The number of ether oxygens (including phenoxy) is 1. The number of phenolic OH excluding ortho intramolecular Hbond substituents is 1. The first-order valence-electron chi connectivity index (χ1n) is 5.10. The number of hydrogen-bond donors (Lipinski definition) is 2. The summed E-state index contributed by atoms with van der Waals surface area (Å²) in [4.78, 5) is 1.05. The van der Waals surface area contributed by atoms with E-state index >= 15 is 0 Å². The minimum Gasteiger partial charge on any atom is -0.503 e. The van der Waals surface area contributed by atoms with Crippen molar-refractivity contribution in [2.75, 3.05) is 7.11 Å². The fraction of sp³-hybridized carbons (Fsp3) is 0.167. The third-order valence-electron chi connectivity index (χ3n) is 2.58. The molecule has 0 aliphatic carbocycles. The maximum Gasteiger partial charge on any atom is 0.173 e. The lowest BCUT2D eigenvalue weighted by molar-refractivity contribution is 0.371. The van der Waals surface area contributed by atoms with Gasteiger partial charge in [0.25, 0.3) is 0 Å². The first-order valence-corrected chi connectivity index (χ1v) is 7.56. The lowest BCUT2D eigenvalue weighted by Gasteiger charge is -2.16. The van der Waals surface area contributed by atoms with Crippen molar-refractivity contribution in [2.45, 2.75) is 6.04 Å². The Morgan fingerprint density at radius 3 is 2.67 bits per heavy atom. The Kier molecular flexibility index (Phi) is 4.32. The Morgan fingerprint density at radius 1 is 1.39 bits per heavy atom. The number of aromatic hydroxyl groups is 1. The maximum absolute atomic E-state index is 9.88. The average Bonchev–Trinajstić information content (AvgIpc) is 2.89. The van der Waals surface area contributed by atoms with E-state index in [1.807, 2.05) is 17.5 Å². The van der Waals surface area contributed by atoms with E-state index in [2.05, 4.69) is 31.9 Å². The molecule has 0 saturated carbocycles. The molecule has 6 heteroatoms. The molecule has 0 aliphatic rings. The summed E-state index contributed by atoms with van der Waals surface area (Å²) in [5.74, 6) is 0.457. The molecule has 0 spiro atoms. The Balaban J connectivity index is 2.54. The van der Waals surface area contributed by atoms with Crippen molar-refractivity contribution in [3.8, 4) is 11.5 Å². The van der Waals surface area contributed by atoms with E-state index < -0.39 is 0 Å². The van der Waals surface area contributed by atoms with Crippen LogP contribution in [0, 0.1) is 0 Å². The number of methoxy groups -OCH3 is 1. The fourth-order valence-electron chi connectivity index (χ4n) is 1.62. The molecular weight excluding hydrogens is 382 g/mol. The number of nitrogens with two attached hydrogens (primary N) is 1. The molecule has 0 bridgehead atoms. The lowest BCUT2D eigenvalue weighted by Crippen LogP contribution is -2.11. The van der Waals surface area contributed by atoms with Gasteiger partial charge in [-0.2, -0.15) is 0 Å². The lowest BCUT2D eigenvalue weighted by atomic mass is 10.1. The molecule has 0 radical (unpaired) electrons. The highest BCUT2D eigenvalue weighted by Crippen LogP contribution is 2.44. The minimum atomic E-state index is -0.259. The molecule has 1 aromatic carbocycles. The maximum atomic E-state index is 9.88. The molecule has 0 fully saturated rings. The van der Waals surface area contributed by atoms with Gasteiger partial charge in [-0.3, -0.25) is 0 Å². The molecule has 1 atom stereocenters. The van der Waals surface area contributed by atoms with Crippen LogP contribution in [0.5, 0.6) is 11.5 Å². The predicted molar refractivity (Wildman–Crippen MR) is 80.4 cm³/mol. The van der Waals surface area contributed by atoms with E-state index in [0.29, 0.717) is 10.2 Å². The van der Waals surface area contributed by atoms with Crippen molar-refractivity contribution in [3.05, 3.63) is 43.0 Å². The number of thiophene rings is 1. The van der Waals surface area contributed by atoms with Gasteiger partial charge in [0.2, 0.25) is 0 Å². The largest absolute Gasteiger partial charge is 0.503 e. The van der Waals surface area contributed by atoms with E-state index in [1.165, 1.54) is 7.11 Å². The van der Waals surface area contributed by atoms with Crippen LogP contribution in [0.15, 0.2) is 32.5 Å². The summed E-state index contributed by atoms with van der Waals surface area (Å²) < 4.78 is 6.42. The summed E-state index contributed by atoms with van der Waals surface area (Å²) in [5, 5.41) is 11.9. The van der Waals surface area contributed by atoms with Crippen LogP contribution in [0.25, 0.3) is 0 Å². The molecule has 96 valence electrons. The molecule has 0 amide bonds. The Bertz CT molecular complexity index is 558. The zero-order chi connectivity index (χ0) is 13.3. The van der Waals surface area contributed by atoms with Gasteiger partial charge in [0.1, 0.15) is 0 Å². The Morgan fingerprint density at radius 2 is 2.11 bits per heavy atom. The molecule has 0 saturated heterocycles. The van der Waals surface area contributed by atoms with E-state index in [4.69, 9.17) is 10.5 Å². The van der Waals surface area contributed by atoms with Crippen LogP contribution in [-0.4, -0.2) is 12.2 Å². The SMILES string of the molecule is COc1cc([C@H](N)c2cccs2)c(Br)c(Br)c1O. The summed E-state index contributed by atoms with van der Waals surface area (Å²) >= 11 is 8.36. The highest BCUT2D eigenvalue weighted by Gasteiger charge is 2.20. The van der Waals surface area contributed by atoms with Gasteiger partial charge in [0, 0.05) is 9.35 Å². The third kappa shape index (κ3) is 2.42.